The van der Waals surface area contributed by atoms with Gasteiger partial charge in [0.05, 0.1) is 30.7 Å². The van der Waals surface area contributed by atoms with E-state index in [0.29, 0.717) is 27.0 Å². The van der Waals surface area contributed by atoms with E-state index in [0.717, 1.165) is 22.9 Å². The first-order chi connectivity index (χ1) is 12.9. The van der Waals surface area contributed by atoms with E-state index >= 15 is 0 Å². The van der Waals surface area contributed by atoms with E-state index in [1.165, 1.54) is 19.1 Å². The van der Waals surface area contributed by atoms with Crippen LogP contribution in [0.25, 0.3) is 6.08 Å². The van der Waals surface area contributed by atoms with Gasteiger partial charge in [-0.15, -0.1) is 0 Å². The molecule has 1 heterocycles. The Balaban J connectivity index is 1.87. The molecular weight excluding hydrogens is 386 g/mol. The molecule has 1 saturated heterocycles. The fraction of sp³-hybridized carbons (Fsp3) is 0.200. The lowest BCUT2D eigenvalue weighted by molar-refractivity contribution is -0.123. The molecule has 27 heavy (non-hydrogen) atoms. The van der Waals surface area contributed by atoms with E-state index in [9.17, 15) is 9.59 Å². The van der Waals surface area contributed by atoms with Crippen LogP contribution in [0.1, 0.15) is 16.7 Å². The van der Waals surface area contributed by atoms with Crippen molar-refractivity contribution in [1.82, 2.24) is 4.90 Å². The molecule has 140 valence electrons. The lowest BCUT2D eigenvalue weighted by Gasteiger charge is -2.13. The van der Waals surface area contributed by atoms with Gasteiger partial charge in [0.2, 0.25) is 0 Å². The summed E-state index contributed by atoms with van der Waals surface area (Å²) in [5.74, 6) is 0.552. The Labute approximate surface area is 166 Å². The number of benzene rings is 2. The highest BCUT2D eigenvalue weighted by Gasteiger charge is 2.35. The third kappa shape index (κ3) is 4.12. The van der Waals surface area contributed by atoms with Crippen LogP contribution in [-0.2, 0) is 11.3 Å². The van der Waals surface area contributed by atoms with Gasteiger partial charge in [0, 0.05) is 0 Å². The van der Waals surface area contributed by atoms with Crippen LogP contribution in [0.3, 0.4) is 0 Å². The fourth-order valence-corrected chi connectivity index (χ4v) is 3.94. The first-order valence-corrected chi connectivity index (χ1v) is 9.35. The fourth-order valence-electron chi connectivity index (χ4n) is 2.80. The van der Waals surface area contributed by atoms with Gasteiger partial charge in [0.1, 0.15) is 0 Å². The number of aryl methyl sites for hydroxylation is 1. The molecule has 1 aliphatic rings. The molecule has 2 aromatic rings. The Morgan fingerprint density at radius 1 is 1.15 bits per heavy atom. The Hall–Kier alpha value is -2.44. The van der Waals surface area contributed by atoms with E-state index in [4.69, 9.17) is 21.1 Å². The minimum atomic E-state index is -0.322. The van der Waals surface area contributed by atoms with Gasteiger partial charge in [-0.2, -0.15) is 0 Å². The second kappa shape index (κ2) is 8.06. The van der Waals surface area contributed by atoms with Crippen molar-refractivity contribution < 1.29 is 19.1 Å². The molecule has 0 radical (unpaired) electrons. The maximum Gasteiger partial charge on any atom is 0.293 e. The molecule has 0 atom stereocenters. The number of methoxy groups -OCH3 is 2. The average Bonchev–Trinajstić information content (AvgIpc) is 2.88. The van der Waals surface area contributed by atoms with Gasteiger partial charge >= 0.3 is 0 Å². The standard InChI is InChI=1S/C20H18ClNO4S/c1-12-5-4-6-13(7-12)11-22-19(23)17(27-20(22)24)10-14-8-15(21)18(26-3)16(9-14)25-2/h4-10H,11H2,1-3H3/b17-10-. The van der Waals surface area contributed by atoms with E-state index in [1.54, 1.807) is 18.2 Å². The summed E-state index contributed by atoms with van der Waals surface area (Å²) in [5.41, 5.74) is 2.64. The Morgan fingerprint density at radius 3 is 2.59 bits per heavy atom. The molecule has 5 nitrogen and oxygen atoms in total. The van der Waals surface area contributed by atoms with Crippen molar-refractivity contribution in [2.75, 3.05) is 14.2 Å². The summed E-state index contributed by atoms with van der Waals surface area (Å²) in [5, 5.41) is 0.0708. The number of hydrogen-bond donors (Lipinski definition) is 0. The number of hydrogen-bond acceptors (Lipinski definition) is 5. The highest BCUT2D eigenvalue weighted by Crippen LogP contribution is 2.38. The van der Waals surface area contributed by atoms with Gasteiger partial charge in [-0.1, -0.05) is 41.4 Å². The minimum Gasteiger partial charge on any atom is -0.493 e. The van der Waals surface area contributed by atoms with Gasteiger partial charge in [-0.25, -0.2) is 0 Å². The predicted molar refractivity (Wildman–Crippen MR) is 107 cm³/mol. The zero-order valence-electron chi connectivity index (χ0n) is 15.1. The molecule has 0 aliphatic carbocycles. The van der Waals surface area contributed by atoms with Gasteiger partial charge in [0.15, 0.2) is 11.5 Å². The third-order valence-electron chi connectivity index (χ3n) is 4.05. The first kappa shape index (κ1) is 19.3. The largest absolute Gasteiger partial charge is 0.493 e. The summed E-state index contributed by atoms with van der Waals surface area (Å²) in [6, 6.07) is 11.1. The van der Waals surface area contributed by atoms with Crippen molar-refractivity contribution in [3.05, 3.63) is 63.0 Å². The summed E-state index contributed by atoms with van der Waals surface area (Å²) in [6.07, 6.45) is 1.63. The summed E-state index contributed by atoms with van der Waals surface area (Å²) in [4.78, 5) is 26.6. The number of halogens is 1. The van der Waals surface area contributed by atoms with Crippen LogP contribution < -0.4 is 9.47 Å². The topological polar surface area (TPSA) is 55.8 Å². The molecule has 0 unspecified atom stereocenters. The molecule has 1 aliphatic heterocycles. The number of imide groups is 1. The molecule has 1 fully saturated rings. The zero-order chi connectivity index (χ0) is 19.6. The molecule has 2 aromatic carbocycles. The van der Waals surface area contributed by atoms with E-state index in [1.807, 2.05) is 31.2 Å². The number of thioether (sulfide) groups is 1. The maximum atomic E-state index is 12.7. The van der Waals surface area contributed by atoms with Crippen LogP contribution in [0.5, 0.6) is 11.5 Å². The van der Waals surface area contributed by atoms with E-state index in [-0.39, 0.29) is 17.7 Å². The molecule has 3 rings (SSSR count). The Bertz CT molecular complexity index is 942. The maximum absolute atomic E-state index is 12.7. The smallest absolute Gasteiger partial charge is 0.293 e. The van der Waals surface area contributed by atoms with E-state index < -0.39 is 0 Å². The van der Waals surface area contributed by atoms with Crippen molar-refractivity contribution in [2.45, 2.75) is 13.5 Å². The van der Waals surface area contributed by atoms with Crippen molar-refractivity contribution >= 4 is 40.6 Å². The van der Waals surface area contributed by atoms with Crippen LogP contribution in [0.2, 0.25) is 5.02 Å². The highest BCUT2D eigenvalue weighted by molar-refractivity contribution is 8.18. The average molecular weight is 404 g/mol. The molecule has 0 aromatic heterocycles. The monoisotopic (exact) mass is 403 g/mol. The summed E-state index contributed by atoms with van der Waals surface area (Å²) >= 11 is 7.12. The molecule has 0 N–H and O–H groups in total. The molecular formula is C20H18ClNO4S. The van der Waals surface area contributed by atoms with Crippen LogP contribution in [0, 0.1) is 6.92 Å². The number of ether oxygens (including phenoxy) is 2. The normalized spacial score (nSPS) is 15.6. The summed E-state index contributed by atoms with van der Waals surface area (Å²) < 4.78 is 10.5. The van der Waals surface area contributed by atoms with Gasteiger partial charge < -0.3 is 9.47 Å². The molecule has 0 saturated carbocycles. The minimum absolute atomic E-state index is 0.246. The number of nitrogens with zero attached hydrogens (tertiary/aromatic N) is 1. The highest BCUT2D eigenvalue weighted by atomic mass is 35.5. The molecule has 0 spiro atoms. The number of rotatable bonds is 5. The van der Waals surface area contributed by atoms with Crippen molar-refractivity contribution in [3.63, 3.8) is 0 Å². The van der Waals surface area contributed by atoms with Crippen molar-refractivity contribution in [2.24, 2.45) is 0 Å². The number of carbonyl (C=O) groups is 2. The summed E-state index contributed by atoms with van der Waals surface area (Å²) in [6.45, 7) is 2.22. The Kier molecular flexibility index (Phi) is 5.77. The van der Waals surface area contributed by atoms with Gasteiger partial charge in [0.25, 0.3) is 11.1 Å². The first-order valence-electron chi connectivity index (χ1n) is 8.15. The second-order valence-electron chi connectivity index (χ2n) is 6.00. The number of carbonyl (C=O) groups excluding carboxylic acids is 2. The quantitative estimate of drug-likeness (QED) is 0.664. The van der Waals surface area contributed by atoms with Crippen molar-refractivity contribution in [1.29, 1.82) is 0 Å². The van der Waals surface area contributed by atoms with E-state index in [2.05, 4.69) is 0 Å². The van der Waals surface area contributed by atoms with Gasteiger partial charge in [-0.05, 0) is 48.0 Å². The van der Waals surface area contributed by atoms with Crippen LogP contribution in [0.15, 0.2) is 41.3 Å². The second-order valence-corrected chi connectivity index (χ2v) is 7.40. The SMILES string of the molecule is COc1cc(/C=C2\SC(=O)N(Cc3cccc(C)c3)C2=O)cc(Cl)c1OC. The predicted octanol–water partition coefficient (Wildman–Crippen LogP) is 4.90. The molecule has 7 heteroatoms. The van der Waals surface area contributed by atoms with Crippen LogP contribution in [0.4, 0.5) is 4.79 Å². The zero-order valence-corrected chi connectivity index (χ0v) is 16.7. The molecule has 0 bridgehead atoms. The van der Waals surface area contributed by atoms with Crippen LogP contribution >= 0.6 is 23.4 Å². The summed E-state index contributed by atoms with van der Waals surface area (Å²) in [7, 11) is 3.01. The number of amides is 2. The Morgan fingerprint density at radius 2 is 1.93 bits per heavy atom. The lowest BCUT2D eigenvalue weighted by Crippen LogP contribution is -2.27. The lowest BCUT2D eigenvalue weighted by atomic mass is 10.1. The van der Waals surface area contributed by atoms with Crippen molar-refractivity contribution in [3.8, 4) is 11.5 Å². The van der Waals surface area contributed by atoms with Crippen LogP contribution in [-0.4, -0.2) is 30.3 Å². The molecule has 2 amide bonds. The third-order valence-corrected chi connectivity index (χ3v) is 5.24. The van der Waals surface area contributed by atoms with Gasteiger partial charge in [-0.3, -0.25) is 14.5 Å².